The van der Waals surface area contributed by atoms with Crippen molar-refractivity contribution in [1.29, 1.82) is 0 Å². The zero-order valence-electron chi connectivity index (χ0n) is 39.2. The number of nitrogens with zero attached hydrogens (tertiary/aromatic N) is 3. The highest BCUT2D eigenvalue weighted by molar-refractivity contribution is 7.09. The number of thiazole rings is 1. The number of carbonyl (C=O) groups is 5. The molecule has 3 amide bonds. The predicted molar refractivity (Wildman–Crippen MR) is 247 cm³/mol. The minimum absolute atomic E-state index is 0.0554. The summed E-state index contributed by atoms with van der Waals surface area (Å²) in [6.07, 6.45) is 7.23. The summed E-state index contributed by atoms with van der Waals surface area (Å²) in [7, 11) is 3.86. The van der Waals surface area contributed by atoms with Crippen LogP contribution in [0.5, 0.6) is 0 Å². The van der Waals surface area contributed by atoms with E-state index in [-0.39, 0.29) is 54.3 Å². The molecule has 1 aliphatic rings. The number of aromatic nitrogens is 1. The Bertz CT molecular complexity index is 1720. The highest BCUT2D eigenvalue weighted by Crippen LogP contribution is 2.32. The number of ether oxygens (including phenoxy) is 1. The molecule has 0 saturated carbocycles. The van der Waals surface area contributed by atoms with Crippen molar-refractivity contribution in [3.05, 3.63) is 45.9 Å². The molecule has 0 aliphatic carbocycles. The van der Waals surface area contributed by atoms with Gasteiger partial charge in [-0.05, 0) is 96.1 Å². The summed E-state index contributed by atoms with van der Waals surface area (Å²) >= 11 is 1.20. The van der Waals surface area contributed by atoms with Gasteiger partial charge in [0.2, 0.25) is 11.8 Å². The molecule has 1 aromatic carbocycles. The van der Waals surface area contributed by atoms with Gasteiger partial charge in [0.15, 0.2) is 6.10 Å². The lowest BCUT2D eigenvalue weighted by atomic mass is 9.84. The molecule has 5 N–H and O–H groups in total. The quantitative estimate of drug-likeness (QED) is 0.0458. The maximum atomic E-state index is 14.9. The first-order valence-corrected chi connectivity index (χ1v) is 23.8. The molecule has 0 spiro atoms. The van der Waals surface area contributed by atoms with Crippen LogP contribution in [0, 0.1) is 17.3 Å². The van der Waals surface area contributed by atoms with Crippen molar-refractivity contribution in [3.8, 4) is 0 Å². The second kappa shape index (κ2) is 25.9. The van der Waals surface area contributed by atoms with Gasteiger partial charge in [-0.3, -0.25) is 28.9 Å². The monoisotopic (exact) mass is 884 g/mol. The average Bonchev–Trinajstić information content (AvgIpc) is 3.72. The van der Waals surface area contributed by atoms with E-state index in [2.05, 4.69) is 33.1 Å². The van der Waals surface area contributed by atoms with Gasteiger partial charge < -0.3 is 36.0 Å². The number of rotatable bonds is 27. The van der Waals surface area contributed by atoms with Gasteiger partial charge in [0.05, 0.1) is 11.5 Å². The van der Waals surface area contributed by atoms with E-state index < -0.39 is 41.4 Å². The molecule has 1 fully saturated rings. The van der Waals surface area contributed by atoms with Crippen LogP contribution in [-0.2, 0) is 30.3 Å². The largest absolute Gasteiger partial charge is 0.481 e. The molecule has 15 heteroatoms. The van der Waals surface area contributed by atoms with Gasteiger partial charge in [-0.25, -0.2) is 4.98 Å². The Morgan fingerprint density at radius 1 is 1.02 bits per heavy atom. The second-order valence-corrected chi connectivity index (χ2v) is 19.1. The number of piperidine rings is 1. The van der Waals surface area contributed by atoms with Crippen molar-refractivity contribution in [1.82, 2.24) is 30.7 Å². The number of nitrogens with one attached hydrogen (secondary N) is 4. The molecule has 6 atom stereocenters. The number of likely N-dealkylation sites (tertiary alicyclic amines) is 1. The summed E-state index contributed by atoms with van der Waals surface area (Å²) in [5, 5.41) is 24.7. The van der Waals surface area contributed by atoms with Gasteiger partial charge in [0.25, 0.3) is 5.91 Å². The fourth-order valence-electron chi connectivity index (χ4n) is 8.10. The number of carboxylic acid groups (broad SMARTS) is 1. The third kappa shape index (κ3) is 16.2. The van der Waals surface area contributed by atoms with E-state index >= 15 is 0 Å². The van der Waals surface area contributed by atoms with Crippen molar-refractivity contribution in [2.75, 3.05) is 45.6 Å². The van der Waals surface area contributed by atoms with Gasteiger partial charge in [-0.1, -0.05) is 78.9 Å². The molecule has 0 bridgehead atoms. The third-order valence-electron chi connectivity index (χ3n) is 12.2. The van der Waals surface area contributed by atoms with E-state index in [0.29, 0.717) is 24.4 Å². The number of unbranched alkanes of at least 4 members (excludes halogenated alkanes) is 3. The molecule has 0 unspecified atom stereocenters. The number of hydrogen-bond donors (Lipinski definition) is 5. The highest BCUT2D eigenvalue weighted by Gasteiger charge is 2.39. The molecule has 3 rings (SSSR count). The lowest BCUT2D eigenvalue weighted by Gasteiger charge is -2.40. The number of benzene rings is 1. The number of likely N-dealkylation sites (N-methyl/N-ethyl adjacent to an activating group) is 2. The Morgan fingerprint density at radius 3 is 2.32 bits per heavy atom. The Hall–Kier alpha value is -4.08. The number of carbonyl (C=O) groups excluding carboxylic acids is 4. The summed E-state index contributed by atoms with van der Waals surface area (Å²) in [6, 6.07) is 5.95. The smallest absolute Gasteiger partial charge is 0.309 e. The van der Waals surface area contributed by atoms with Crippen LogP contribution in [-0.4, -0.2) is 114 Å². The molecule has 1 saturated heterocycles. The molecular formula is C47H77N7O7S. The number of anilines is 1. The zero-order valence-corrected chi connectivity index (χ0v) is 40.0. The van der Waals surface area contributed by atoms with Crippen LogP contribution in [0.1, 0.15) is 147 Å². The molecule has 1 aliphatic heterocycles. The van der Waals surface area contributed by atoms with Crippen LogP contribution in [0.25, 0.3) is 0 Å². The minimum atomic E-state index is -1.12. The molecule has 1 aromatic heterocycles. The molecule has 0 radical (unpaired) electrons. The third-order valence-corrected chi connectivity index (χ3v) is 13.1. The predicted octanol–water partition coefficient (Wildman–Crippen LogP) is 7.06. The van der Waals surface area contributed by atoms with Crippen LogP contribution >= 0.6 is 11.3 Å². The lowest BCUT2D eigenvalue weighted by molar-refractivity contribution is -0.150. The summed E-state index contributed by atoms with van der Waals surface area (Å²) in [4.78, 5) is 76.2. The number of esters is 1. The van der Waals surface area contributed by atoms with Crippen LogP contribution in [0.3, 0.4) is 0 Å². The van der Waals surface area contributed by atoms with Gasteiger partial charge in [-0.2, -0.15) is 0 Å². The molecule has 348 valence electrons. The Labute approximate surface area is 375 Å². The molecular weight excluding hydrogens is 807 g/mol. The van der Waals surface area contributed by atoms with Gasteiger partial charge in [-0.15, -0.1) is 11.3 Å². The highest BCUT2D eigenvalue weighted by atomic mass is 32.1. The van der Waals surface area contributed by atoms with Gasteiger partial charge >= 0.3 is 11.9 Å². The first kappa shape index (κ1) is 52.3. The summed E-state index contributed by atoms with van der Waals surface area (Å²) in [6.45, 7) is 17.8. The van der Waals surface area contributed by atoms with E-state index in [1.54, 1.807) is 19.2 Å². The number of aliphatic carboxylic acids is 1. The molecule has 2 heterocycles. The van der Waals surface area contributed by atoms with Gasteiger partial charge in [0.1, 0.15) is 16.7 Å². The number of carboxylic acids is 1. The maximum Gasteiger partial charge on any atom is 0.309 e. The SMILES string of the molecule is CCCCCCN(C(=O)[C@@H](NC(=O)[C@H]1CCCCN1C)[C@@H](C)CC)[C@H](C[C@@H](OC(C)=O)c1nc(C(=O)N[C@@H](Cc2ccc(NCCNC)cc2)CC(C)(C)C(=O)O)cs1)C(C)C. The standard InChI is InChI=1S/C47H77N7O7S/c1-11-13-14-16-26-54(45(58)41(32(5)12-2)52-43(57)38-18-15-17-25-53(38)10)39(31(3)4)28-40(61-33(6)55)44-51-37(30-62-44)42(56)50-36(29-47(7,8)46(59)60)27-34-19-21-35(22-20-34)49-24-23-48-9/h19-22,30-32,36,38-41,48-49H,11-18,23-29H2,1-10H3,(H,50,56)(H,52,57)(H,59,60)/t32-,36-,38+,39+,40+,41-/m0/s1. The topological polar surface area (TPSA) is 182 Å². The fraction of sp³-hybridized carbons (Fsp3) is 0.702. The minimum Gasteiger partial charge on any atom is -0.481 e. The van der Waals surface area contributed by atoms with Crippen LogP contribution in [0.4, 0.5) is 5.69 Å². The van der Waals surface area contributed by atoms with Gasteiger partial charge in [0, 0.05) is 56.1 Å². The lowest BCUT2D eigenvalue weighted by Crippen LogP contribution is -2.59. The van der Waals surface area contributed by atoms with E-state index in [4.69, 9.17) is 9.72 Å². The van der Waals surface area contributed by atoms with E-state index in [0.717, 1.165) is 75.8 Å². The average molecular weight is 884 g/mol. The van der Waals surface area contributed by atoms with Crippen LogP contribution < -0.4 is 21.3 Å². The maximum absolute atomic E-state index is 14.9. The zero-order chi connectivity index (χ0) is 46.0. The molecule has 2 aromatic rings. The van der Waals surface area contributed by atoms with Crippen molar-refractivity contribution in [2.45, 2.75) is 156 Å². The van der Waals surface area contributed by atoms with Crippen molar-refractivity contribution < 1.29 is 33.8 Å². The van der Waals surface area contributed by atoms with E-state index in [1.807, 2.05) is 71.0 Å². The number of hydrogen-bond acceptors (Lipinski definition) is 11. The van der Waals surface area contributed by atoms with E-state index in [9.17, 15) is 29.1 Å². The fourth-order valence-corrected chi connectivity index (χ4v) is 8.94. The van der Waals surface area contributed by atoms with Crippen molar-refractivity contribution >= 4 is 46.7 Å². The van der Waals surface area contributed by atoms with E-state index in [1.165, 1.54) is 18.3 Å². The van der Waals surface area contributed by atoms with Crippen molar-refractivity contribution in [2.24, 2.45) is 17.3 Å². The Morgan fingerprint density at radius 2 is 1.73 bits per heavy atom. The van der Waals surface area contributed by atoms with Crippen molar-refractivity contribution in [3.63, 3.8) is 0 Å². The normalized spacial score (nSPS) is 17.0. The first-order valence-electron chi connectivity index (χ1n) is 22.9. The molecule has 62 heavy (non-hydrogen) atoms. The number of amides is 3. The van der Waals surface area contributed by atoms with Crippen LogP contribution in [0.15, 0.2) is 29.6 Å². The Balaban J connectivity index is 1.92. The second-order valence-electron chi connectivity index (χ2n) is 18.2. The summed E-state index contributed by atoms with van der Waals surface area (Å²) in [5.74, 6) is -2.38. The Kier molecular flexibility index (Phi) is 21.8. The first-order chi connectivity index (χ1) is 29.4. The summed E-state index contributed by atoms with van der Waals surface area (Å²) < 4.78 is 5.95. The van der Waals surface area contributed by atoms with Crippen LogP contribution in [0.2, 0.25) is 0 Å². The molecule has 14 nitrogen and oxygen atoms in total. The summed E-state index contributed by atoms with van der Waals surface area (Å²) in [5.41, 5.74) is 0.913.